The topological polar surface area (TPSA) is 81.3 Å². The lowest BCUT2D eigenvalue weighted by molar-refractivity contribution is -0.255. The SMILES string of the molecule is O=C(NC(=S)Nc1ccc(C(=O)[O-])c(Cl)c1)c1ccccc1F. The van der Waals surface area contributed by atoms with Crippen molar-refractivity contribution in [1.29, 1.82) is 0 Å². The Bertz CT molecular complexity index is 798. The lowest BCUT2D eigenvalue weighted by Gasteiger charge is -2.12. The first-order chi connectivity index (χ1) is 10.9. The van der Waals surface area contributed by atoms with Crippen LogP contribution in [0.1, 0.15) is 20.7 Å². The number of carboxylic acid groups (broad SMARTS) is 1. The number of aromatic carboxylic acids is 1. The van der Waals surface area contributed by atoms with E-state index in [9.17, 15) is 19.1 Å². The van der Waals surface area contributed by atoms with E-state index in [1.54, 1.807) is 0 Å². The lowest BCUT2D eigenvalue weighted by Crippen LogP contribution is -2.34. The molecule has 0 atom stereocenters. The Morgan fingerprint density at radius 3 is 2.43 bits per heavy atom. The van der Waals surface area contributed by atoms with Crippen molar-refractivity contribution >= 4 is 46.5 Å². The van der Waals surface area contributed by atoms with Crippen molar-refractivity contribution in [2.75, 3.05) is 5.32 Å². The fourth-order valence-electron chi connectivity index (χ4n) is 1.74. The van der Waals surface area contributed by atoms with Gasteiger partial charge in [0.1, 0.15) is 5.82 Å². The minimum atomic E-state index is -1.41. The highest BCUT2D eigenvalue weighted by molar-refractivity contribution is 7.80. The number of halogens is 2. The van der Waals surface area contributed by atoms with Gasteiger partial charge in [-0.25, -0.2) is 4.39 Å². The maximum absolute atomic E-state index is 13.5. The minimum Gasteiger partial charge on any atom is -0.545 e. The fraction of sp³-hybridized carbons (Fsp3) is 0. The van der Waals surface area contributed by atoms with Crippen LogP contribution in [0.2, 0.25) is 5.02 Å². The van der Waals surface area contributed by atoms with Gasteiger partial charge in [-0.3, -0.25) is 10.1 Å². The quantitative estimate of drug-likeness (QED) is 0.826. The van der Waals surface area contributed by atoms with Crippen LogP contribution < -0.4 is 15.7 Å². The van der Waals surface area contributed by atoms with Crippen LogP contribution in [0.4, 0.5) is 10.1 Å². The molecule has 0 aliphatic heterocycles. The zero-order chi connectivity index (χ0) is 17.0. The van der Waals surface area contributed by atoms with Crippen LogP contribution >= 0.6 is 23.8 Å². The van der Waals surface area contributed by atoms with Gasteiger partial charge in [0.15, 0.2) is 5.11 Å². The molecule has 0 spiro atoms. The van der Waals surface area contributed by atoms with Gasteiger partial charge in [-0.2, -0.15) is 0 Å². The van der Waals surface area contributed by atoms with E-state index in [0.29, 0.717) is 5.69 Å². The van der Waals surface area contributed by atoms with Gasteiger partial charge >= 0.3 is 0 Å². The second kappa shape index (κ2) is 7.17. The Morgan fingerprint density at radius 2 is 1.83 bits per heavy atom. The molecule has 0 aliphatic rings. The van der Waals surface area contributed by atoms with Gasteiger partial charge in [-0.1, -0.05) is 23.7 Å². The first-order valence-electron chi connectivity index (χ1n) is 6.26. The molecule has 5 nitrogen and oxygen atoms in total. The van der Waals surface area contributed by atoms with Crippen LogP contribution in [0.25, 0.3) is 0 Å². The molecule has 2 aromatic rings. The molecule has 0 bridgehead atoms. The second-order valence-electron chi connectivity index (χ2n) is 4.37. The molecule has 0 fully saturated rings. The number of carbonyl (C=O) groups excluding carboxylic acids is 2. The smallest absolute Gasteiger partial charge is 0.260 e. The van der Waals surface area contributed by atoms with Crippen LogP contribution in [-0.2, 0) is 0 Å². The van der Waals surface area contributed by atoms with E-state index in [2.05, 4.69) is 10.6 Å². The Labute approximate surface area is 141 Å². The summed E-state index contributed by atoms with van der Waals surface area (Å²) in [6.07, 6.45) is 0. The summed E-state index contributed by atoms with van der Waals surface area (Å²) in [7, 11) is 0. The van der Waals surface area contributed by atoms with E-state index in [0.717, 1.165) is 6.07 Å². The van der Waals surface area contributed by atoms with E-state index in [1.165, 1.54) is 36.4 Å². The predicted octanol–water partition coefficient (Wildman–Crippen LogP) is 1.97. The molecule has 118 valence electrons. The van der Waals surface area contributed by atoms with Gasteiger partial charge in [0.25, 0.3) is 5.91 Å². The molecule has 2 aromatic carbocycles. The number of hydrogen-bond donors (Lipinski definition) is 2. The number of carbonyl (C=O) groups is 2. The molecule has 2 N–H and O–H groups in total. The van der Waals surface area contributed by atoms with Gasteiger partial charge in [0.2, 0.25) is 0 Å². The van der Waals surface area contributed by atoms with E-state index >= 15 is 0 Å². The zero-order valence-electron chi connectivity index (χ0n) is 11.4. The highest BCUT2D eigenvalue weighted by Crippen LogP contribution is 2.20. The third kappa shape index (κ3) is 4.24. The van der Waals surface area contributed by atoms with E-state index in [4.69, 9.17) is 23.8 Å². The van der Waals surface area contributed by atoms with Crippen molar-refractivity contribution in [3.05, 3.63) is 64.4 Å². The number of nitrogens with one attached hydrogen (secondary N) is 2. The van der Waals surface area contributed by atoms with Crippen molar-refractivity contribution in [2.45, 2.75) is 0 Å². The second-order valence-corrected chi connectivity index (χ2v) is 5.19. The fourth-order valence-corrected chi connectivity index (χ4v) is 2.20. The summed E-state index contributed by atoms with van der Waals surface area (Å²) in [5.74, 6) is -2.79. The summed E-state index contributed by atoms with van der Waals surface area (Å²) in [5, 5.41) is 15.6. The van der Waals surface area contributed by atoms with Crippen molar-refractivity contribution in [1.82, 2.24) is 5.32 Å². The van der Waals surface area contributed by atoms with Crippen LogP contribution in [0.15, 0.2) is 42.5 Å². The van der Waals surface area contributed by atoms with E-state index < -0.39 is 17.7 Å². The summed E-state index contributed by atoms with van der Waals surface area (Å²) in [6, 6.07) is 9.41. The maximum atomic E-state index is 13.5. The molecule has 8 heteroatoms. The highest BCUT2D eigenvalue weighted by Gasteiger charge is 2.12. The van der Waals surface area contributed by atoms with Gasteiger partial charge in [-0.15, -0.1) is 0 Å². The molecule has 2 rings (SSSR count). The Kier molecular flexibility index (Phi) is 5.25. The summed E-state index contributed by atoms with van der Waals surface area (Å²) >= 11 is 10.7. The summed E-state index contributed by atoms with van der Waals surface area (Å²) in [4.78, 5) is 22.6. The van der Waals surface area contributed by atoms with Crippen molar-refractivity contribution < 1.29 is 19.1 Å². The molecule has 0 unspecified atom stereocenters. The number of hydrogen-bond acceptors (Lipinski definition) is 4. The first kappa shape index (κ1) is 16.9. The number of rotatable bonds is 3. The van der Waals surface area contributed by atoms with Crippen LogP contribution in [0.5, 0.6) is 0 Å². The molecule has 23 heavy (non-hydrogen) atoms. The first-order valence-corrected chi connectivity index (χ1v) is 7.05. The van der Waals surface area contributed by atoms with Gasteiger partial charge in [0.05, 0.1) is 16.6 Å². The average Bonchev–Trinajstić information content (AvgIpc) is 2.47. The molecule has 0 aromatic heterocycles. The molecule has 1 amide bonds. The number of amides is 1. The van der Waals surface area contributed by atoms with Crippen molar-refractivity contribution in [3.63, 3.8) is 0 Å². The highest BCUT2D eigenvalue weighted by atomic mass is 35.5. The van der Waals surface area contributed by atoms with Gasteiger partial charge in [0, 0.05) is 11.3 Å². The van der Waals surface area contributed by atoms with Crippen LogP contribution in [0.3, 0.4) is 0 Å². The zero-order valence-corrected chi connectivity index (χ0v) is 13.0. The minimum absolute atomic E-state index is 0.0433. The largest absolute Gasteiger partial charge is 0.545 e. The Morgan fingerprint density at radius 1 is 1.13 bits per heavy atom. The normalized spacial score (nSPS) is 10.0. The van der Waals surface area contributed by atoms with Crippen molar-refractivity contribution in [3.8, 4) is 0 Å². The standard InChI is InChI=1S/C15H10ClFN2O3S/c16-11-7-8(5-6-9(11)14(21)22)18-15(23)19-13(20)10-3-1-2-4-12(10)17/h1-7H,(H,21,22)(H2,18,19,20,23)/p-1. The predicted molar refractivity (Wildman–Crippen MR) is 85.9 cm³/mol. The molecule has 0 heterocycles. The molecule has 0 radical (unpaired) electrons. The van der Waals surface area contributed by atoms with E-state index in [1.807, 2.05) is 0 Å². The van der Waals surface area contributed by atoms with Crippen LogP contribution in [0, 0.1) is 5.82 Å². The summed E-state index contributed by atoms with van der Waals surface area (Å²) in [5.41, 5.74) is 0.0411. The monoisotopic (exact) mass is 351 g/mol. The molecule has 0 saturated carbocycles. The molecular weight excluding hydrogens is 343 g/mol. The summed E-state index contributed by atoms with van der Waals surface area (Å²) in [6.45, 7) is 0. The summed E-state index contributed by atoms with van der Waals surface area (Å²) < 4.78 is 13.5. The van der Waals surface area contributed by atoms with Crippen LogP contribution in [-0.4, -0.2) is 17.0 Å². The Hall–Kier alpha value is -2.51. The molecular formula is C15H9ClFN2O3S-. The number of benzene rings is 2. The Balaban J connectivity index is 2.05. The number of anilines is 1. The average molecular weight is 352 g/mol. The third-order valence-electron chi connectivity index (χ3n) is 2.79. The molecule has 0 aliphatic carbocycles. The van der Waals surface area contributed by atoms with Crippen molar-refractivity contribution in [2.24, 2.45) is 0 Å². The van der Waals surface area contributed by atoms with Gasteiger partial charge in [-0.05, 0) is 42.5 Å². The maximum Gasteiger partial charge on any atom is 0.260 e. The van der Waals surface area contributed by atoms with Gasteiger partial charge < -0.3 is 15.2 Å². The lowest BCUT2D eigenvalue weighted by atomic mass is 10.2. The molecule has 0 saturated heterocycles. The number of thiocarbonyl (C=S) groups is 1. The number of carboxylic acids is 1. The third-order valence-corrected chi connectivity index (χ3v) is 3.31. The van der Waals surface area contributed by atoms with E-state index in [-0.39, 0.29) is 21.3 Å².